The molecule has 0 heterocycles. The summed E-state index contributed by atoms with van der Waals surface area (Å²) in [4.78, 5) is 0. The van der Waals surface area contributed by atoms with Crippen LogP contribution in [0.4, 0.5) is 4.39 Å². The summed E-state index contributed by atoms with van der Waals surface area (Å²) in [6, 6.07) is 5.14. The average molecular weight is 327 g/mol. The molecular formula is C15H20BrFN2. The van der Waals surface area contributed by atoms with E-state index in [2.05, 4.69) is 21.4 Å². The molecule has 2 fully saturated rings. The van der Waals surface area contributed by atoms with Crippen molar-refractivity contribution in [2.45, 2.75) is 38.1 Å². The molecular weight excluding hydrogens is 307 g/mol. The van der Waals surface area contributed by atoms with E-state index in [1.54, 1.807) is 12.1 Å². The number of fused-ring (bicyclic) bond motifs is 1. The van der Waals surface area contributed by atoms with E-state index in [0.717, 1.165) is 28.3 Å². The van der Waals surface area contributed by atoms with Gasteiger partial charge in [0.2, 0.25) is 0 Å². The standard InChI is InChI=1S/C15H20BrFN2/c16-13-6-5-10(17)7-9(13)8-14(19-18)15-11-3-1-2-4-12(11)15/h5-7,11-12,14-15,19H,1-4,8,18H2. The van der Waals surface area contributed by atoms with Crippen LogP contribution in [-0.4, -0.2) is 6.04 Å². The molecule has 0 amide bonds. The predicted octanol–water partition coefficient (Wildman–Crippen LogP) is 3.40. The zero-order chi connectivity index (χ0) is 13.4. The zero-order valence-corrected chi connectivity index (χ0v) is 12.5. The highest BCUT2D eigenvalue weighted by molar-refractivity contribution is 9.10. The first kappa shape index (κ1) is 13.5. The van der Waals surface area contributed by atoms with Gasteiger partial charge in [0.15, 0.2) is 0 Å². The lowest BCUT2D eigenvalue weighted by molar-refractivity contribution is 0.436. The zero-order valence-electron chi connectivity index (χ0n) is 10.9. The highest BCUT2D eigenvalue weighted by Gasteiger charge is 2.53. The Hall–Kier alpha value is -0.450. The number of hydrazine groups is 1. The lowest BCUT2D eigenvalue weighted by Gasteiger charge is -2.17. The van der Waals surface area contributed by atoms with Gasteiger partial charge in [-0.2, -0.15) is 0 Å². The molecule has 1 aromatic carbocycles. The number of halogens is 2. The number of benzene rings is 1. The van der Waals surface area contributed by atoms with Crippen LogP contribution in [0, 0.1) is 23.6 Å². The Balaban J connectivity index is 1.72. The molecule has 4 heteroatoms. The maximum atomic E-state index is 13.3. The number of nitrogens with one attached hydrogen (secondary N) is 1. The van der Waals surface area contributed by atoms with Crippen molar-refractivity contribution in [1.82, 2.24) is 5.43 Å². The molecule has 2 nitrogen and oxygen atoms in total. The Bertz CT molecular complexity index is 453. The summed E-state index contributed by atoms with van der Waals surface area (Å²) in [5.74, 6) is 7.95. The van der Waals surface area contributed by atoms with E-state index in [4.69, 9.17) is 5.84 Å². The van der Waals surface area contributed by atoms with Crippen molar-refractivity contribution in [3.8, 4) is 0 Å². The minimum atomic E-state index is -0.179. The fourth-order valence-electron chi connectivity index (χ4n) is 3.89. The van der Waals surface area contributed by atoms with E-state index in [1.165, 1.54) is 31.7 Å². The molecule has 19 heavy (non-hydrogen) atoms. The second kappa shape index (κ2) is 5.51. The van der Waals surface area contributed by atoms with E-state index < -0.39 is 0 Å². The molecule has 3 atom stereocenters. The maximum Gasteiger partial charge on any atom is 0.123 e. The molecule has 2 aliphatic carbocycles. The van der Waals surface area contributed by atoms with Crippen molar-refractivity contribution >= 4 is 15.9 Å². The Morgan fingerprint density at radius 3 is 2.63 bits per heavy atom. The third-order valence-electron chi connectivity index (χ3n) is 4.85. The molecule has 2 saturated carbocycles. The predicted molar refractivity (Wildman–Crippen MR) is 77.9 cm³/mol. The largest absolute Gasteiger partial charge is 0.271 e. The molecule has 0 saturated heterocycles. The molecule has 0 aliphatic heterocycles. The Morgan fingerprint density at radius 2 is 2.00 bits per heavy atom. The van der Waals surface area contributed by atoms with Gasteiger partial charge in [-0.05, 0) is 60.8 Å². The second-order valence-corrected chi connectivity index (χ2v) is 6.76. The second-order valence-electron chi connectivity index (χ2n) is 5.90. The molecule has 2 aliphatic rings. The third-order valence-corrected chi connectivity index (χ3v) is 5.62. The smallest absolute Gasteiger partial charge is 0.123 e. The van der Waals surface area contributed by atoms with Gasteiger partial charge in [0.1, 0.15) is 5.82 Å². The van der Waals surface area contributed by atoms with Gasteiger partial charge in [0.25, 0.3) is 0 Å². The molecule has 3 unspecified atom stereocenters. The van der Waals surface area contributed by atoms with E-state index in [-0.39, 0.29) is 11.9 Å². The summed E-state index contributed by atoms with van der Waals surface area (Å²) in [6.07, 6.45) is 6.21. The van der Waals surface area contributed by atoms with Crippen LogP contribution in [0.25, 0.3) is 0 Å². The quantitative estimate of drug-likeness (QED) is 0.657. The first-order valence-corrected chi connectivity index (χ1v) is 7.90. The van der Waals surface area contributed by atoms with Crippen LogP contribution < -0.4 is 11.3 Å². The molecule has 0 radical (unpaired) electrons. The highest BCUT2D eigenvalue weighted by atomic mass is 79.9. The van der Waals surface area contributed by atoms with Gasteiger partial charge in [-0.25, -0.2) is 4.39 Å². The van der Waals surface area contributed by atoms with Crippen LogP contribution in [-0.2, 0) is 6.42 Å². The molecule has 0 aromatic heterocycles. The van der Waals surface area contributed by atoms with Crippen LogP contribution in [0.1, 0.15) is 31.2 Å². The van der Waals surface area contributed by atoms with Crippen molar-refractivity contribution in [2.24, 2.45) is 23.6 Å². The minimum Gasteiger partial charge on any atom is -0.271 e. The van der Waals surface area contributed by atoms with Gasteiger partial charge in [-0.1, -0.05) is 28.8 Å². The summed E-state index contributed by atoms with van der Waals surface area (Å²) >= 11 is 3.50. The van der Waals surface area contributed by atoms with Gasteiger partial charge in [0, 0.05) is 10.5 Å². The van der Waals surface area contributed by atoms with Crippen molar-refractivity contribution in [3.63, 3.8) is 0 Å². The van der Waals surface area contributed by atoms with E-state index in [1.807, 2.05) is 0 Å². The van der Waals surface area contributed by atoms with Crippen LogP contribution in [0.2, 0.25) is 0 Å². The van der Waals surface area contributed by atoms with E-state index >= 15 is 0 Å². The monoisotopic (exact) mass is 326 g/mol. The summed E-state index contributed by atoms with van der Waals surface area (Å²) in [5.41, 5.74) is 3.98. The van der Waals surface area contributed by atoms with Gasteiger partial charge in [-0.3, -0.25) is 11.3 Å². The van der Waals surface area contributed by atoms with Gasteiger partial charge in [-0.15, -0.1) is 0 Å². The molecule has 104 valence electrons. The molecule has 0 spiro atoms. The lowest BCUT2D eigenvalue weighted by atomic mass is 10.0. The van der Waals surface area contributed by atoms with Crippen molar-refractivity contribution in [3.05, 3.63) is 34.1 Å². The van der Waals surface area contributed by atoms with Crippen molar-refractivity contribution < 1.29 is 4.39 Å². The van der Waals surface area contributed by atoms with Crippen molar-refractivity contribution in [1.29, 1.82) is 0 Å². The lowest BCUT2D eigenvalue weighted by Crippen LogP contribution is -2.39. The topological polar surface area (TPSA) is 38.0 Å². The normalized spacial score (nSPS) is 30.8. The SMILES string of the molecule is NNC(Cc1cc(F)ccc1Br)C1C2CCCCC21. The first-order valence-electron chi connectivity index (χ1n) is 7.10. The van der Waals surface area contributed by atoms with Gasteiger partial charge < -0.3 is 0 Å². The fourth-order valence-corrected chi connectivity index (χ4v) is 4.30. The third kappa shape index (κ3) is 2.71. The minimum absolute atomic E-state index is 0.179. The van der Waals surface area contributed by atoms with Gasteiger partial charge >= 0.3 is 0 Å². The average Bonchev–Trinajstić information content (AvgIpc) is 3.14. The number of hydrogen-bond acceptors (Lipinski definition) is 2. The Morgan fingerprint density at radius 1 is 1.32 bits per heavy atom. The van der Waals surface area contributed by atoms with Crippen LogP contribution in [0.5, 0.6) is 0 Å². The first-order chi connectivity index (χ1) is 9.20. The molecule has 0 bridgehead atoms. The van der Waals surface area contributed by atoms with Crippen LogP contribution >= 0.6 is 15.9 Å². The summed E-state index contributed by atoms with van der Waals surface area (Å²) < 4.78 is 14.3. The number of rotatable bonds is 4. The Labute approximate surface area is 122 Å². The van der Waals surface area contributed by atoms with Crippen molar-refractivity contribution in [2.75, 3.05) is 0 Å². The van der Waals surface area contributed by atoms with Crippen LogP contribution in [0.15, 0.2) is 22.7 Å². The highest BCUT2D eigenvalue weighted by Crippen LogP contribution is 2.57. The van der Waals surface area contributed by atoms with Crippen LogP contribution in [0.3, 0.4) is 0 Å². The van der Waals surface area contributed by atoms with E-state index in [9.17, 15) is 4.39 Å². The summed E-state index contributed by atoms with van der Waals surface area (Å²) in [7, 11) is 0. The van der Waals surface area contributed by atoms with Gasteiger partial charge in [0.05, 0.1) is 0 Å². The Kier molecular flexibility index (Phi) is 3.92. The molecule has 1 aromatic rings. The summed E-state index contributed by atoms with van der Waals surface area (Å²) in [5, 5.41) is 0. The van der Waals surface area contributed by atoms with E-state index in [0.29, 0.717) is 5.92 Å². The molecule has 3 rings (SSSR count). The number of hydrogen-bond donors (Lipinski definition) is 2. The summed E-state index contributed by atoms with van der Waals surface area (Å²) in [6.45, 7) is 0. The number of nitrogens with two attached hydrogens (primary N) is 1. The molecule has 3 N–H and O–H groups in total. The maximum absolute atomic E-state index is 13.3. The fraction of sp³-hybridized carbons (Fsp3) is 0.600.